The van der Waals surface area contributed by atoms with Crippen LogP contribution in [-0.4, -0.2) is 70.8 Å². The number of hydrogen-bond acceptors (Lipinski definition) is 1. The van der Waals surface area contributed by atoms with E-state index in [-0.39, 0.29) is 6.15 Å². The van der Waals surface area contributed by atoms with Crippen molar-refractivity contribution in [1.82, 2.24) is 6.15 Å². The van der Waals surface area contributed by atoms with E-state index in [0.717, 1.165) is 0 Å². The maximum atomic E-state index is 13.3. The van der Waals surface area contributed by atoms with Crippen molar-refractivity contribution in [2.75, 3.05) is 0 Å². The summed E-state index contributed by atoms with van der Waals surface area (Å²) in [5, 5.41) is 7.63. The monoisotopic (exact) mass is 564 g/mol. The Bertz CT molecular complexity index is 758. The van der Waals surface area contributed by atoms with Crippen molar-refractivity contribution < 1.29 is 97.7 Å². The van der Waals surface area contributed by atoms with E-state index in [9.17, 15) is 92.6 Å². The molecule has 34 heavy (non-hydrogen) atoms. The first kappa shape index (κ1) is 34.2. The van der Waals surface area contributed by atoms with Gasteiger partial charge in [0.2, 0.25) is 0 Å². The lowest BCUT2D eigenvalue weighted by atomic mass is 9.86. The van der Waals surface area contributed by atoms with Crippen LogP contribution in [0.5, 0.6) is 0 Å². The third-order valence-electron chi connectivity index (χ3n) is 3.72. The number of quaternary nitrogens is 1. The fourth-order valence-corrected chi connectivity index (χ4v) is 1.66. The molecule has 0 saturated heterocycles. The summed E-state index contributed by atoms with van der Waals surface area (Å²) in [4.78, 5) is 9.84. The first-order chi connectivity index (χ1) is 13.9. The highest BCUT2D eigenvalue weighted by Gasteiger charge is 2.97. The normalized spacial score (nSPS) is 15.9. The Morgan fingerprint density at radius 1 is 0.471 bits per heavy atom. The number of hydrogen-bond donors (Lipinski definition) is 2. The van der Waals surface area contributed by atoms with Gasteiger partial charge in [-0.1, -0.05) is 0 Å². The van der Waals surface area contributed by atoms with E-state index in [1.807, 2.05) is 0 Å². The third kappa shape index (κ3) is 3.76. The van der Waals surface area contributed by atoms with E-state index in [0.29, 0.717) is 0 Å². The molecule has 0 atom stereocenters. The minimum absolute atomic E-state index is 0. The van der Waals surface area contributed by atoms with Gasteiger partial charge < -0.3 is 11.3 Å². The van der Waals surface area contributed by atoms with Crippen molar-refractivity contribution in [2.24, 2.45) is 0 Å². The summed E-state index contributed by atoms with van der Waals surface area (Å²) in [6.07, 6.45) is -6.14. The first-order valence-electron chi connectivity index (χ1n) is 6.80. The molecule has 23 heteroatoms. The molecule has 0 aromatic carbocycles. The predicted octanol–water partition coefficient (Wildman–Crippen LogP) is 6.43. The molecule has 0 aromatic rings. The molecule has 5 N–H and O–H groups in total. The molecule has 0 amide bonds. The molecule has 206 valence electrons. The van der Waals surface area contributed by atoms with Gasteiger partial charge in [0.05, 0.1) is 0 Å². The van der Waals surface area contributed by atoms with E-state index in [4.69, 9.17) is 5.11 Å². The van der Waals surface area contributed by atoms with Crippen LogP contribution in [0.4, 0.5) is 87.8 Å². The number of carbonyl (C=O) groups is 1. The second kappa shape index (κ2) is 8.31. The van der Waals surface area contributed by atoms with Gasteiger partial charge in [0.25, 0.3) is 0 Å². The van der Waals surface area contributed by atoms with Gasteiger partial charge in [-0.3, -0.25) is 0 Å². The van der Waals surface area contributed by atoms with Crippen molar-refractivity contribution in [2.45, 2.75) is 59.7 Å². The van der Waals surface area contributed by atoms with Crippen molar-refractivity contribution in [3.05, 3.63) is 0 Å². The SMILES string of the molecule is O=C(O)C(F)(F)C(F)(F)C(F)(F)C(F)(F)C(F)(F)C(F)(F)C(F)(F)C(F)(F)C(F)(F)C(F)F.[NH4+]. The van der Waals surface area contributed by atoms with Crippen LogP contribution in [0.15, 0.2) is 0 Å². The average molecular weight is 564 g/mol. The third-order valence-corrected chi connectivity index (χ3v) is 3.72. The maximum absolute atomic E-state index is 13.3. The van der Waals surface area contributed by atoms with E-state index < -0.39 is 65.7 Å². The minimum atomic E-state index is -9.15. The van der Waals surface area contributed by atoms with Crippen LogP contribution in [0, 0.1) is 0 Å². The number of carboxylic acids is 1. The van der Waals surface area contributed by atoms with Crippen LogP contribution < -0.4 is 6.15 Å². The highest BCUT2D eigenvalue weighted by Crippen LogP contribution is 2.65. The molecular formula is C11H6F20NO2+. The van der Waals surface area contributed by atoms with Crippen LogP contribution in [-0.2, 0) is 4.79 Å². The summed E-state index contributed by atoms with van der Waals surface area (Å²) in [7, 11) is 0. The molecule has 0 aliphatic heterocycles. The van der Waals surface area contributed by atoms with Gasteiger partial charge >= 0.3 is 65.7 Å². The standard InChI is InChI=1S/C11H2F20O2.H3N/c12-1(13)3(14,15)5(18,19)7(22,23)9(26,27)11(30,31)10(28,29)8(24,25)6(20,21)4(16,17)2(32)33;/h1H,(H,32,33);1H3/p+1. The smallest absolute Gasteiger partial charge is 0.410 e. The van der Waals surface area contributed by atoms with Gasteiger partial charge in [0.1, 0.15) is 0 Å². The molecule has 3 nitrogen and oxygen atoms in total. The van der Waals surface area contributed by atoms with Crippen LogP contribution >= 0.6 is 0 Å². The summed E-state index contributed by atoms with van der Waals surface area (Å²) in [6.45, 7) is 0. The zero-order valence-corrected chi connectivity index (χ0v) is 15.0. The van der Waals surface area contributed by atoms with Gasteiger partial charge in [0.15, 0.2) is 0 Å². The molecule has 0 spiro atoms. The predicted molar refractivity (Wildman–Crippen MR) is 64.1 cm³/mol. The Morgan fingerprint density at radius 2 is 0.676 bits per heavy atom. The van der Waals surface area contributed by atoms with Crippen molar-refractivity contribution in [1.29, 1.82) is 0 Å². The van der Waals surface area contributed by atoms with Gasteiger partial charge in [-0.25, -0.2) is 13.6 Å². The molecule has 0 bridgehead atoms. The quantitative estimate of drug-likeness (QED) is 0.301. The fraction of sp³-hybridized carbons (Fsp3) is 0.909. The lowest BCUT2D eigenvalue weighted by Gasteiger charge is -2.44. The topological polar surface area (TPSA) is 73.8 Å². The second-order valence-electron chi connectivity index (χ2n) is 5.82. The second-order valence-corrected chi connectivity index (χ2v) is 5.82. The number of carboxylic acid groups (broad SMARTS) is 1. The Kier molecular flexibility index (Phi) is 8.36. The van der Waals surface area contributed by atoms with Crippen LogP contribution in [0.3, 0.4) is 0 Å². The highest BCUT2D eigenvalue weighted by molar-refractivity contribution is 5.77. The maximum Gasteiger partial charge on any atom is 0.410 e. The van der Waals surface area contributed by atoms with Crippen LogP contribution in [0.1, 0.15) is 0 Å². The molecule has 0 rings (SSSR count). The van der Waals surface area contributed by atoms with Gasteiger partial charge in [-0.15, -0.1) is 0 Å². The van der Waals surface area contributed by atoms with E-state index in [1.165, 1.54) is 0 Å². The Hall–Kier alpha value is -1.97. The average Bonchev–Trinajstić information content (AvgIpc) is 2.59. The number of halogens is 20. The van der Waals surface area contributed by atoms with Crippen LogP contribution in [0.2, 0.25) is 0 Å². The van der Waals surface area contributed by atoms with Gasteiger partial charge in [-0.2, -0.15) is 79.0 Å². The fourth-order valence-electron chi connectivity index (χ4n) is 1.66. The lowest BCUT2D eigenvalue weighted by Crippen LogP contribution is -2.76. The minimum Gasteiger partial charge on any atom is -0.477 e. The number of alkyl halides is 20. The molecule has 0 heterocycles. The summed E-state index contributed by atoms with van der Waals surface area (Å²) >= 11 is 0. The molecule has 0 aromatic heterocycles. The Balaban J connectivity index is 0. The molecule has 0 unspecified atom stereocenters. The zero-order chi connectivity index (χ0) is 27.7. The molecule has 0 aliphatic carbocycles. The molecular weight excluding hydrogens is 558 g/mol. The van der Waals surface area contributed by atoms with Crippen LogP contribution in [0.25, 0.3) is 0 Å². The summed E-state index contributed by atoms with van der Waals surface area (Å²) in [5.41, 5.74) is 0. The molecule has 0 aliphatic rings. The largest absolute Gasteiger partial charge is 0.477 e. The van der Waals surface area contributed by atoms with E-state index in [2.05, 4.69) is 0 Å². The van der Waals surface area contributed by atoms with Gasteiger partial charge in [0, 0.05) is 0 Å². The lowest BCUT2D eigenvalue weighted by molar-refractivity contribution is -0.463. The summed E-state index contributed by atoms with van der Waals surface area (Å²) in [6, 6.07) is 0. The zero-order valence-electron chi connectivity index (χ0n) is 15.0. The van der Waals surface area contributed by atoms with Crippen molar-refractivity contribution >= 4 is 5.97 Å². The number of rotatable bonds is 10. The summed E-state index contributed by atoms with van der Waals surface area (Å²) < 4.78 is 258. The van der Waals surface area contributed by atoms with Gasteiger partial charge in [-0.05, 0) is 0 Å². The highest BCUT2D eigenvalue weighted by atomic mass is 19.4. The Labute approximate surface area is 171 Å². The molecule has 0 saturated carbocycles. The Morgan fingerprint density at radius 3 is 0.882 bits per heavy atom. The summed E-state index contributed by atoms with van der Waals surface area (Å²) in [5.74, 6) is -81.7. The van der Waals surface area contributed by atoms with Crippen molar-refractivity contribution in [3.8, 4) is 0 Å². The molecule has 0 fully saturated rings. The van der Waals surface area contributed by atoms with Crippen molar-refractivity contribution in [3.63, 3.8) is 0 Å². The number of aliphatic carboxylic acids is 1. The van der Waals surface area contributed by atoms with E-state index >= 15 is 0 Å². The molecule has 0 radical (unpaired) electrons. The van der Waals surface area contributed by atoms with E-state index in [1.54, 1.807) is 0 Å². The first-order valence-corrected chi connectivity index (χ1v) is 6.80.